The number of rotatable bonds is 3. The van der Waals surface area contributed by atoms with Gasteiger partial charge in [-0.3, -0.25) is 0 Å². The first-order chi connectivity index (χ1) is 8.56. The zero-order valence-electron chi connectivity index (χ0n) is 10.9. The Morgan fingerprint density at radius 1 is 1.17 bits per heavy atom. The number of nitrogens with zero attached hydrogens (tertiary/aromatic N) is 2. The molecule has 4 nitrogen and oxygen atoms in total. The third kappa shape index (κ3) is 2.77. The maximum atomic E-state index is 5.64. The first kappa shape index (κ1) is 12.4. The van der Waals surface area contributed by atoms with E-state index in [0.29, 0.717) is 5.95 Å². The Bertz CT molecular complexity index is 531. The van der Waals surface area contributed by atoms with Gasteiger partial charge in [-0.25, -0.2) is 4.98 Å². The third-order valence-corrected chi connectivity index (χ3v) is 2.89. The molecule has 94 valence electrons. The molecule has 0 amide bonds. The van der Waals surface area contributed by atoms with E-state index < -0.39 is 0 Å². The minimum atomic E-state index is 0.180. The van der Waals surface area contributed by atoms with E-state index in [2.05, 4.69) is 41.3 Å². The van der Waals surface area contributed by atoms with E-state index in [1.165, 1.54) is 11.1 Å². The standard InChI is InChI=1S/C14H18N4/c1-9-6-4-5-7-12(9)11(3)17-13-8-10(2)16-14(15)18-13/h4-8,11H,1-3H3,(H3,15,16,17,18). The number of nitrogens with one attached hydrogen (secondary N) is 1. The van der Waals surface area contributed by atoms with Crippen LogP contribution in [0.25, 0.3) is 0 Å². The predicted molar refractivity (Wildman–Crippen MR) is 74.4 cm³/mol. The van der Waals surface area contributed by atoms with E-state index in [1.54, 1.807) is 0 Å². The van der Waals surface area contributed by atoms with Gasteiger partial charge in [0.1, 0.15) is 5.82 Å². The maximum Gasteiger partial charge on any atom is 0.222 e. The lowest BCUT2D eigenvalue weighted by molar-refractivity contribution is 0.862. The van der Waals surface area contributed by atoms with E-state index in [0.717, 1.165) is 11.5 Å². The molecular weight excluding hydrogens is 224 g/mol. The van der Waals surface area contributed by atoms with Crippen LogP contribution in [0.3, 0.4) is 0 Å². The summed E-state index contributed by atoms with van der Waals surface area (Å²) in [6.07, 6.45) is 0. The largest absolute Gasteiger partial charge is 0.368 e. The van der Waals surface area contributed by atoms with E-state index in [1.807, 2.05) is 25.1 Å². The van der Waals surface area contributed by atoms with Gasteiger partial charge in [0.05, 0.1) is 6.04 Å². The molecule has 0 radical (unpaired) electrons. The van der Waals surface area contributed by atoms with Crippen LogP contribution in [0, 0.1) is 13.8 Å². The molecule has 18 heavy (non-hydrogen) atoms. The van der Waals surface area contributed by atoms with Gasteiger partial charge in [0.2, 0.25) is 5.95 Å². The highest BCUT2D eigenvalue weighted by Crippen LogP contribution is 2.21. The van der Waals surface area contributed by atoms with Crippen molar-refractivity contribution >= 4 is 11.8 Å². The second kappa shape index (κ2) is 5.04. The summed E-state index contributed by atoms with van der Waals surface area (Å²) in [5, 5.41) is 3.35. The SMILES string of the molecule is Cc1cc(NC(C)c2ccccc2C)nc(N)n1. The zero-order valence-corrected chi connectivity index (χ0v) is 10.9. The molecule has 2 rings (SSSR count). The van der Waals surface area contributed by atoms with Gasteiger partial charge in [-0.15, -0.1) is 0 Å². The van der Waals surface area contributed by atoms with Crippen molar-refractivity contribution in [1.29, 1.82) is 0 Å². The summed E-state index contributed by atoms with van der Waals surface area (Å²) in [7, 11) is 0. The second-order valence-electron chi connectivity index (χ2n) is 4.48. The van der Waals surface area contributed by atoms with Gasteiger partial charge >= 0.3 is 0 Å². The van der Waals surface area contributed by atoms with Crippen molar-refractivity contribution < 1.29 is 0 Å². The number of hydrogen-bond acceptors (Lipinski definition) is 4. The van der Waals surface area contributed by atoms with Crippen molar-refractivity contribution in [2.75, 3.05) is 11.1 Å². The highest BCUT2D eigenvalue weighted by molar-refractivity contribution is 5.43. The van der Waals surface area contributed by atoms with Gasteiger partial charge in [-0.05, 0) is 31.9 Å². The lowest BCUT2D eigenvalue weighted by atomic mass is 10.0. The first-order valence-electron chi connectivity index (χ1n) is 5.99. The lowest BCUT2D eigenvalue weighted by Gasteiger charge is -2.17. The highest BCUT2D eigenvalue weighted by Gasteiger charge is 2.09. The summed E-state index contributed by atoms with van der Waals surface area (Å²) in [4.78, 5) is 8.24. The van der Waals surface area contributed by atoms with Crippen molar-refractivity contribution in [3.63, 3.8) is 0 Å². The molecule has 0 aliphatic carbocycles. The topological polar surface area (TPSA) is 63.8 Å². The third-order valence-electron chi connectivity index (χ3n) is 2.89. The molecular formula is C14H18N4. The van der Waals surface area contributed by atoms with Gasteiger partial charge in [0.25, 0.3) is 0 Å². The Balaban J connectivity index is 2.21. The van der Waals surface area contributed by atoms with Crippen LogP contribution in [0.4, 0.5) is 11.8 Å². The molecule has 1 aromatic carbocycles. The molecule has 0 spiro atoms. The van der Waals surface area contributed by atoms with Crippen LogP contribution in [0.5, 0.6) is 0 Å². The number of aromatic nitrogens is 2. The molecule has 3 N–H and O–H groups in total. The number of anilines is 2. The molecule has 1 unspecified atom stereocenters. The van der Waals surface area contributed by atoms with Crippen LogP contribution < -0.4 is 11.1 Å². The van der Waals surface area contributed by atoms with E-state index >= 15 is 0 Å². The van der Waals surface area contributed by atoms with Crippen LogP contribution in [0.1, 0.15) is 29.8 Å². The van der Waals surface area contributed by atoms with Crippen molar-refractivity contribution in [2.24, 2.45) is 0 Å². The molecule has 1 atom stereocenters. The van der Waals surface area contributed by atoms with Crippen molar-refractivity contribution in [3.8, 4) is 0 Å². The van der Waals surface area contributed by atoms with Gasteiger partial charge in [-0.2, -0.15) is 4.98 Å². The normalized spacial score (nSPS) is 12.2. The van der Waals surface area contributed by atoms with Crippen LogP contribution >= 0.6 is 0 Å². The molecule has 1 aromatic heterocycles. The first-order valence-corrected chi connectivity index (χ1v) is 5.99. The molecule has 4 heteroatoms. The van der Waals surface area contributed by atoms with Gasteiger partial charge < -0.3 is 11.1 Å². The summed E-state index contributed by atoms with van der Waals surface area (Å²) in [5.74, 6) is 1.06. The van der Waals surface area contributed by atoms with Crippen molar-refractivity contribution in [1.82, 2.24) is 9.97 Å². The molecule has 0 saturated heterocycles. The van der Waals surface area contributed by atoms with Crippen LogP contribution in [0.2, 0.25) is 0 Å². The van der Waals surface area contributed by atoms with Crippen molar-refractivity contribution in [3.05, 3.63) is 47.2 Å². The molecule has 2 aromatic rings. The Morgan fingerprint density at radius 2 is 1.89 bits per heavy atom. The summed E-state index contributed by atoms with van der Waals surface area (Å²) < 4.78 is 0. The molecule has 0 aliphatic rings. The maximum absolute atomic E-state index is 5.64. The fourth-order valence-electron chi connectivity index (χ4n) is 2.04. The quantitative estimate of drug-likeness (QED) is 0.868. The number of aryl methyl sites for hydroxylation is 2. The number of nitrogen functional groups attached to an aromatic ring is 1. The molecule has 0 fully saturated rings. The number of hydrogen-bond donors (Lipinski definition) is 2. The summed E-state index contributed by atoms with van der Waals surface area (Å²) in [6, 6.07) is 10.4. The lowest BCUT2D eigenvalue weighted by Crippen LogP contribution is -2.10. The Hall–Kier alpha value is -2.10. The number of benzene rings is 1. The Labute approximate surface area is 107 Å². The minimum Gasteiger partial charge on any atom is -0.368 e. The fraction of sp³-hybridized carbons (Fsp3) is 0.286. The summed E-state index contributed by atoms with van der Waals surface area (Å²) in [5.41, 5.74) is 9.02. The molecule has 1 heterocycles. The molecule has 0 aliphatic heterocycles. The summed E-state index contributed by atoms with van der Waals surface area (Å²) in [6.45, 7) is 6.12. The zero-order chi connectivity index (χ0) is 13.1. The minimum absolute atomic E-state index is 0.180. The van der Waals surface area contributed by atoms with Gasteiger partial charge in [0.15, 0.2) is 0 Å². The second-order valence-corrected chi connectivity index (χ2v) is 4.48. The predicted octanol–water partition coefficient (Wildman–Crippen LogP) is 2.85. The average Bonchev–Trinajstić information content (AvgIpc) is 2.27. The van der Waals surface area contributed by atoms with Crippen LogP contribution in [0.15, 0.2) is 30.3 Å². The van der Waals surface area contributed by atoms with Gasteiger partial charge in [0, 0.05) is 11.8 Å². The molecule has 0 saturated carbocycles. The van der Waals surface area contributed by atoms with Crippen LogP contribution in [-0.4, -0.2) is 9.97 Å². The number of nitrogens with two attached hydrogens (primary N) is 1. The van der Waals surface area contributed by atoms with E-state index in [4.69, 9.17) is 5.73 Å². The monoisotopic (exact) mass is 242 g/mol. The van der Waals surface area contributed by atoms with Crippen LogP contribution in [-0.2, 0) is 0 Å². The van der Waals surface area contributed by atoms with E-state index in [-0.39, 0.29) is 6.04 Å². The van der Waals surface area contributed by atoms with Gasteiger partial charge in [-0.1, -0.05) is 24.3 Å². The Kier molecular flexibility index (Phi) is 3.46. The Morgan fingerprint density at radius 3 is 2.56 bits per heavy atom. The smallest absolute Gasteiger partial charge is 0.222 e. The van der Waals surface area contributed by atoms with E-state index in [9.17, 15) is 0 Å². The fourth-order valence-corrected chi connectivity index (χ4v) is 2.04. The van der Waals surface area contributed by atoms with Crippen molar-refractivity contribution in [2.45, 2.75) is 26.8 Å². The summed E-state index contributed by atoms with van der Waals surface area (Å²) >= 11 is 0. The highest BCUT2D eigenvalue weighted by atomic mass is 15.1. The average molecular weight is 242 g/mol. The molecule has 0 bridgehead atoms.